The smallest absolute Gasteiger partial charge is 0.407 e. The lowest BCUT2D eigenvalue weighted by molar-refractivity contribution is 0.131. The minimum absolute atomic E-state index is 0. The Morgan fingerprint density at radius 3 is 2.55 bits per heavy atom. The predicted molar refractivity (Wildman–Crippen MR) is 79.7 cm³/mol. The van der Waals surface area contributed by atoms with Crippen molar-refractivity contribution in [2.45, 2.75) is 43.9 Å². The summed E-state index contributed by atoms with van der Waals surface area (Å²) in [5, 5.41) is 2.97. The fraction of sp³-hybridized carbons (Fsp3) is 0.533. The molecular weight excluding hydrogens is 276 g/mol. The number of benzene rings is 1. The number of carbonyl (C=O) groups excluding carboxylic acids is 1. The van der Waals surface area contributed by atoms with E-state index in [2.05, 4.69) is 5.32 Å². The number of amides is 1. The van der Waals surface area contributed by atoms with Crippen molar-refractivity contribution < 1.29 is 9.53 Å². The molecule has 0 heterocycles. The molecule has 2 aliphatic rings. The SMILES string of the molecule is Cl.N[C@H](C1CC1)C1(NC(=O)OCc2ccccc2)CC1. The lowest BCUT2D eigenvalue weighted by Gasteiger charge is -2.24. The third-order valence-corrected chi connectivity index (χ3v) is 4.12. The van der Waals surface area contributed by atoms with Crippen LogP contribution in [0.3, 0.4) is 0 Å². The molecule has 1 atom stereocenters. The van der Waals surface area contributed by atoms with Gasteiger partial charge < -0.3 is 15.8 Å². The van der Waals surface area contributed by atoms with Gasteiger partial charge >= 0.3 is 6.09 Å². The molecule has 110 valence electrons. The van der Waals surface area contributed by atoms with Gasteiger partial charge in [-0.2, -0.15) is 0 Å². The highest BCUT2D eigenvalue weighted by Gasteiger charge is 2.54. The molecule has 2 aliphatic carbocycles. The summed E-state index contributed by atoms with van der Waals surface area (Å²) >= 11 is 0. The lowest BCUT2D eigenvalue weighted by Crippen LogP contribution is -2.51. The molecule has 3 rings (SSSR count). The second-order valence-electron chi connectivity index (χ2n) is 5.71. The van der Waals surface area contributed by atoms with Crippen molar-refractivity contribution in [1.29, 1.82) is 0 Å². The van der Waals surface area contributed by atoms with E-state index < -0.39 is 0 Å². The van der Waals surface area contributed by atoms with Crippen LogP contribution in [0.4, 0.5) is 4.79 Å². The molecule has 4 nitrogen and oxygen atoms in total. The van der Waals surface area contributed by atoms with Gasteiger partial charge in [0.1, 0.15) is 6.61 Å². The zero-order valence-corrected chi connectivity index (χ0v) is 12.2. The summed E-state index contributed by atoms with van der Waals surface area (Å²) in [5.74, 6) is 0.594. The number of nitrogens with two attached hydrogens (primary N) is 1. The monoisotopic (exact) mass is 296 g/mol. The number of carbonyl (C=O) groups is 1. The minimum atomic E-state index is -0.350. The van der Waals surface area contributed by atoms with Crippen LogP contribution in [0, 0.1) is 5.92 Å². The highest BCUT2D eigenvalue weighted by molar-refractivity contribution is 5.85. The Morgan fingerprint density at radius 2 is 2.00 bits per heavy atom. The molecule has 1 aromatic carbocycles. The summed E-state index contributed by atoms with van der Waals surface area (Å²) < 4.78 is 5.25. The number of halogens is 1. The van der Waals surface area contributed by atoms with Gasteiger partial charge in [-0.15, -0.1) is 12.4 Å². The average molecular weight is 297 g/mol. The Bertz CT molecular complexity index is 458. The number of hydrogen-bond donors (Lipinski definition) is 2. The van der Waals surface area contributed by atoms with Crippen LogP contribution in [0.5, 0.6) is 0 Å². The molecule has 0 aromatic heterocycles. The normalized spacial score (nSPS) is 20.4. The molecule has 0 aliphatic heterocycles. The van der Waals surface area contributed by atoms with E-state index in [1.54, 1.807) is 0 Å². The third-order valence-electron chi connectivity index (χ3n) is 4.12. The van der Waals surface area contributed by atoms with Crippen LogP contribution in [0.25, 0.3) is 0 Å². The second-order valence-corrected chi connectivity index (χ2v) is 5.71. The van der Waals surface area contributed by atoms with E-state index in [-0.39, 0.29) is 30.1 Å². The zero-order valence-electron chi connectivity index (χ0n) is 11.4. The first-order chi connectivity index (χ1) is 9.20. The Hall–Kier alpha value is -1.26. The van der Waals surface area contributed by atoms with Crippen molar-refractivity contribution in [2.75, 3.05) is 0 Å². The first-order valence-electron chi connectivity index (χ1n) is 6.94. The molecule has 3 N–H and O–H groups in total. The highest BCUT2D eigenvalue weighted by atomic mass is 35.5. The van der Waals surface area contributed by atoms with E-state index in [9.17, 15) is 4.79 Å². The molecule has 0 bridgehead atoms. The van der Waals surface area contributed by atoms with Crippen molar-refractivity contribution in [3.05, 3.63) is 35.9 Å². The van der Waals surface area contributed by atoms with Gasteiger partial charge in [0.25, 0.3) is 0 Å². The quantitative estimate of drug-likeness (QED) is 0.878. The van der Waals surface area contributed by atoms with Gasteiger partial charge in [0.2, 0.25) is 0 Å². The van der Waals surface area contributed by atoms with E-state index >= 15 is 0 Å². The van der Waals surface area contributed by atoms with Gasteiger partial charge in [-0.05, 0) is 37.2 Å². The van der Waals surface area contributed by atoms with Crippen LogP contribution in [-0.4, -0.2) is 17.7 Å². The van der Waals surface area contributed by atoms with E-state index in [1.165, 1.54) is 12.8 Å². The minimum Gasteiger partial charge on any atom is -0.445 e. The molecule has 1 aromatic rings. The predicted octanol–water partition coefficient (Wildman–Crippen LogP) is 2.60. The standard InChI is InChI=1S/C15H20N2O2.ClH/c16-13(12-6-7-12)15(8-9-15)17-14(18)19-10-11-4-2-1-3-5-11;/h1-5,12-13H,6-10,16H2,(H,17,18);1H/t13-;/m1./s1. The van der Waals surface area contributed by atoms with Crippen molar-refractivity contribution in [3.63, 3.8) is 0 Å². The van der Waals surface area contributed by atoms with Gasteiger partial charge in [-0.1, -0.05) is 30.3 Å². The summed E-state index contributed by atoms with van der Waals surface area (Å²) in [6.45, 7) is 0.307. The van der Waals surface area contributed by atoms with Crippen LogP contribution < -0.4 is 11.1 Å². The summed E-state index contributed by atoms with van der Waals surface area (Å²) in [5.41, 5.74) is 7.01. The summed E-state index contributed by atoms with van der Waals surface area (Å²) in [7, 11) is 0. The van der Waals surface area contributed by atoms with Crippen LogP contribution in [0.2, 0.25) is 0 Å². The zero-order chi connectivity index (χ0) is 13.3. The van der Waals surface area contributed by atoms with Crippen LogP contribution in [0.15, 0.2) is 30.3 Å². The molecule has 2 fully saturated rings. The van der Waals surface area contributed by atoms with Gasteiger partial charge in [-0.3, -0.25) is 0 Å². The average Bonchev–Trinajstić information content (AvgIpc) is 3.31. The fourth-order valence-electron chi connectivity index (χ4n) is 2.55. The van der Waals surface area contributed by atoms with Crippen molar-refractivity contribution in [3.8, 4) is 0 Å². The lowest BCUT2D eigenvalue weighted by atomic mass is 10.0. The number of hydrogen-bond acceptors (Lipinski definition) is 3. The highest BCUT2D eigenvalue weighted by Crippen LogP contribution is 2.46. The first-order valence-corrected chi connectivity index (χ1v) is 6.94. The third kappa shape index (κ3) is 3.44. The largest absolute Gasteiger partial charge is 0.445 e. The number of alkyl carbamates (subject to hydrolysis) is 1. The van der Waals surface area contributed by atoms with Crippen LogP contribution in [-0.2, 0) is 11.3 Å². The maximum absolute atomic E-state index is 11.8. The molecule has 2 saturated carbocycles. The summed E-state index contributed by atoms with van der Waals surface area (Å²) in [4.78, 5) is 11.8. The molecule has 1 amide bonds. The molecule has 0 saturated heterocycles. The fourth-order valence-corrected chi connectivity index (χ4v) is 2.55. The van der Waals surface area contributed by atoms with Crippen LogP contribution in [0.1, 0.15) is 31.2 Å². The molecule has 20 heavy (non-hydrogen) atoms. The van der Waals surface area contributed by atoms with Gasteiger partial charge in [0, 0.05) is 6.04 Å². The van der Waals surface area contributed by atoms with E-state index in [4.69, 9.17) is 10.5 Å². The van der Waals surface area contributed by atoms with E-state index in [1.807, 2.05) is 30.3 Å². The summed E-state index contributed by atoms with van der Waals surface area (Å²) in [6, 6.07) is 9.78. The molecule has 0 spiro atoms. The van der Waals surface area contributed by atoms with Gasteiger partial charge in [0.15, 0.2) is 0 Å². The van der Waals surface area contributed by atoms with Crippen molar-refractivity contribution >= 4 is 18.5 Å². The van der Waals surface area contributed by atoms with Gasteiger partial charge in [0.05, 0.1) is 5.54 Å². The molecule has 0 radical (unpaired) electrons. The Labute approximate surface area is 125 Å². The maximum atomic E-state index is 11.8. The Balaban J connectivity index is 0.00000147. The summed E-state index contributed by atoms with van der Waals surface area (Å²) in [6.07, 6.45) is 4.00. The Kier molecular flexibility index (Phi) is 4.55. The topological polar surface area (TPSA) is 64.3 Å². The number of nitrogens with one attached hydrogen (secondary N) is 1. The Morgan fingerprint density at radius 1 is 1.35 bits per heavy atom. The number of ether oxygens (including phenoxy) is 1. The van der Waals surface area contributed by atoms with E-state index in [0.29, 0.717) is 12.5 Å². The molecule has 0 unspecified atom stereocenters. The first kappa shape index (κ1) is 15.1. The van der Waals surface area contributed by atoms with Crippen molar-refractivity contribution in [2.24, 2.45) is 11.7 Å². The molecule has 5 heteroatoms. The van der Waals surface area contributed by atoms with Crippen molar-refractivity contribution in [1.82, 2.24) is 5.32 Å². The molecular formula is C15H21ClN2O2. The number of rotatable bonds is 5. The van der Waals surface area contributed by atoms with E-state index in [0.717, 1.165) is 18.4 Å². The van der Waals surface area contributed by atoms with Gasteiger partial charge in [-0.25, -0.2) is 4.79 Å². The second kappa shape index (κ2) is 6.02. The van der Waals surface area contributed by atoms with Crippen LogP contribution >= 0.6 is 12.4 Å². The maximum Gasteiger partial charge on any atom is 0.407 e.